The number of carbonyl (C=O) groups excluding carboxylic acids is 1. The van der Waals surface area contributed by atoms with Crippen molar-refractivity contribution in [2.75, 3.05) is 19.3 Å². The van der Waals surface area contributed by atoms with Crippen molar-refractivity contribution in [2.45, 2.75) is 33.9 Å². The summed E-state index contributed by atoms with van der Waals surface area (Å²) in [5.41, 5.74) is 1.88. The molecule has 1 amide bonds. The Bertz CT molecular complexity index is 892. The van der Waals surface area contributed by atoms with Crippen LogP contribution in [0.4, 0.5) is 4.39 Å². The Hall–Kier alpha value is -1.77. The average molecular weight is 427 g/mol. The van der Waals surface area contributed by atoms with Crippen LogP contribution < -0.4 is 0 Å². The Morgan fingerprint density at radius 2 is 1.79 bits per heavy atom. The first-order valence-corrected chi connectivity index (χ1v) is 11.8. The number of carbonyl (C=O) groups is 1. The summed E-state index contributed by atoms with van der Waals surface area (Å²) in [4.78, 5) is 15.7. The van der Waals surface area contributed by atoms with Crippen LogP contribution in [-0.2, 0) is 27.9 Å². The van der Waals surface area contributed by atoms with Crippen molar-refractivity contribution in [3.8, 4) is 0 Å². The lowest BCUT2D eigenvalue weighted by Crippen LogP contribution is -2.43. The molecule has 5 nitrogen and oxygen atoms in total. The van der Waals surface area contributed by atoms with Crippen molar-refractivity contribution < 1.29 is 17.6 Å². The third-order valence-electron chi connectivity index (χ3n) is 4.29. The van der Waals surface area contributed by atoms with Crippen LogP contribution in [0.1, 0.15) is 29.9 Å². The number of rotatable bonds is 9. The molecule has 1 aromatic carbocycles. The SMILES string of the molecule is Cc1ccsc1CN(Cc1ccc(F)cc1)C(=O)CN(CC(C)C)S(C)(=O)=O. The minimum atomic E-state index is -3.50. The minimum Gasteiger partial charge on any atom is -0.332 e. The van der Waals surface area contributed by atoms with Gasteiger partial charge in [0.05, 0.1) is 19.3 Å². The molecule has 0 unspecified atom stereocenters. The molecular formula is C20H27FN2O3S2. The standard InChI is InChI=1S/C20H27FN2O3S2/c1-15(2)11-23(28(4,25)26)14-20(24)22(13-19-16(3)9-10-27-19)12-17-5-7-18(21)8-6-17/h5-10,15H,11-14H2,1-4H3. The summed E-state index contributed by atoms with van der Waals surface area (Å²) >= 11 is 1.56. The molecule has 154 valence electrons. The molecular weight excluding hydrogens is 399 g/mol. The maximum absolute atomic E-state index is 13.2. The molecule has 1 heterocycles. The van der Waals surface area contributed by atoms with Crippen LogP contribution in [0, 0.1) is 18.7 Å². The number of thiophene rings is 1. The maximum Gasteiger partial charge on any atom is 0.238 e. The van der Waals surface area contributed by atoms with Gasteiger partial charge < -0.3 is 4.90 Å². The van der Waals surface area contributed by atoms with Gasteiger partial charge in [-0.15, -0.1) is 11.3 Å². The molecule has 1 aromatic heterocycles. The molecule has 0 bridgehead atoms. The smallest absolute Gasteiger partial charge is 0.238 e. The van der Waals surface area contributed by atoms with Gasteiger partial charge in [-0.3, -0.25) is 4.79 Å². The molecule has 0 saturated heterocycles. The molecule has 2 rings (SSSR count). The fraction of sp³-hybridized carbons (Fsp3) is 0.450. The molecule has 0 fully saturated rings. The highest BCUT2D eigenvalue weighted by Crippen LogP contribution is 2.20. The zero-order chi connectivity index (χ0) is 20.9. The average Bonchev–Trinajstić information content (AvgIpc) is 2.99. The summed E-state index contributed by atoms with van der Waals surface area (Å²) < 4.78 is 38.6. The number of hydrogen-bond donors (Lipinski definition) is 0. The van der Waals surface area contributed by atoms with E-state index in [1.807, 2.05) is 32.2 Å². The molecule has 0 aliphatic rings. The topological polar surface area (TPSA) is 57.7 Å². The zero-order valence-electron chi connectivity index (χ0n) is 16.7. The van der Waals surface area contributed by atoms with Crippen molar-refractivity contribution >= 4 is 27.3 Å². The lowest BCUT2D eigenvalue weighted by atomic mass is 10.2. The monoisotopic (exact) mass is 426 g/mol. The fourth-order valence-corrected chi connectivity index (χ4v) is 4.59. The summed E-state index contributed by atoms with van der Waals surface area (Å²) in [6.07, 6.45) is 1.12. The van der Waals surface area contributed by atoms with E-state index in [4.69, 9.17) is 0 Å². The lowest BCUT2D eigenvalue weighted by molar-refractivity contribution is -0.132. The fourth-order valence-electron chi connectivity index (χ4n) is 2.76. The molecule has 0 aliphatic carbocycles. The van der Waals surface area contributed by atoms with Gasteiger partial charge in [0.2, 0.25) is 15.9 Å². The van der Waals surface area contributed by atoms with Crippen LogP contribution in [0.3, 0.4) is 0 Å². The van der Waals surface area contributed by atoms with Gasteiger partial charge in [-0.05, 0) is 47.5 Å². The number of amides is 1. The summed E-state index contributed by atoms with van der Waals surface area (Å²) in [5, 5.41) is 1.97. The van der Waals surface area contributed by atoms with E-state index >= 15 is 0 Å². The molecule has 0 radical (unpaired) electrons. The Morgan fingerprint density at radius 1 is 1.14 bits per heavy atom. The first-order valence-electron chi connectivity index (χ1n) is 9.06. The Kier molecular flexibility index (Phi) is 7.74. The van der Waals surface area contributed by atoms with Crippen LogP contribution in [0.15, 0.2) is 35.7 Å². The number of hydrogen-bond acceptors (Lipinski definition) is 4. The summed E-state index contributed by atoms with van der Waals surface area (Å²) in [6, 6.07) is 7.98. The van der Waals surface area contributed by atoms with Crippen molar-refractivity contribution in [3.63, 3.8) is 0 Å². The van der Waals surface area contributed by atoms with Gasteiger partial charge in [0, 0.05) is 18.0 Å². The number of halogens is 1. The van der Waals surface area contributed by atoms with Crippen LogP contribution in [-0.4, -0.2) is 42.9 Å². The largest absolute Gasteiger partial charge is 0.332 e. The summed E-state index contributed by atoms with van der Waals surface area (Å²) in [7, 11) is -3.50. The van der Waals surface area contributed by atoms with Crippen molar-refractivity contribution in [1.82, 2.24) is 9.21 Å². The third-order valence-corrected chi connectivity index (χ3v) is 6.52. The summed E-state index contributed by atoms with van der Waals surface area (Å²) in [6.45, 7) is 6.56. The summed E-state index contributed by atoms with van der Waals surface area (Å²) in [5.74, 6) is -0.508. The molecule has 28 heavy (non-hydrogen) atoms. The van der Waals surface area contributed by atoms with Crippen LogP contribution in [0.5, 0.6) is 0 Å². The highest BCUT2D eigenvalue weighted by molar-refractivity contribution is 7.88. The number of sulfonamides is 1. The Morgan fingerprint density at radius 3 is 2.29 bits per heavy atom. The quantitative estimate of drug-likeness (QED) is 0.615. The molecule has 0 atom stereocenters. The highest BCUT2D eigenvalue weighted by Gasteiger charge is 2.25. The van der Waals surface area contributed by atoms with E-state index in [0.29, 0.717) is 6.54 Å². The minimum absolute atomic E-state index is 0.104. The van der Waals surface area contributed by atoms with E-state index in [1.165, 1.54) is 16.4 Å². The van der Waals surface area contributed by atoms with E-state index in [0.717, 1.165) is 22.3 Å². The molecule has 0 N–H and O–H groups in total. The molecule has 2 aromatic rings. The van der Waals surface area contributed by atoms with E-state index in [9.17, 15) is 17.6 Å². The van der Waals surface area contributed by atoms with Crippen LogP contribution in [0.25, 0.3) is 0 Å². The second-order valence-electron chi connectivity index (χ2n) is 7.35. The molecule has 0 spiro atoms. The van der Waals surface area contributed by atoms with Crippen LogP contribution in [0.2, 0.25) is 0 Å². The zero-order valence-corrected chi connectivity index (χ0v) is 18.3. The third kappa shape index (κ3) is 6.68. The van der Waals surface area contributed by atoms with Crippen molar-refractivity contribution in [1.29, 1.82) is 0 Å². The van der Waals surface area contributed by atoms with Gasteiger partial charge in [-0.25, -0.2) is 12.8 Å². The lowest BCUT2D eigenvalue weighted by Gasteiger charge is -2.27. The second-order valence-corrected chi connectivity index (χ2v) is 10.3. The van der Waals surface area contributed by atoms with Gasteiger partial charge in [-0.2, -0.15) is 4.31 Å². The van der Waals surface area contributed by atoms with Crippen molar-refractivity contribution in [2.24, 2.45) is 5.92 Å². The Balaban J connectivity index is 2.24. The first kappa shape index (κ1) is 22.5. The predicted octanol–water partition coefficient (Wildman–Crippen LogP) is 3.64. The normalized spacial score (nSPS) is 12.0. The van der Waals surface area contributed by atoms with Crippen LogP contribution >= 0.6 is 11.3 Å². The van der Waals surface area contributed by atoms with Gasteiger partial charge in [0.25, 0.3) is 0 Å². The number of aryl methyl sites for hydroxylation is 1. The second kappa shape index (κ2) is 9.62. The van der Waals surface area contributed by atoms with E-state index in [-0.39, 0.29) is 37.3 Å². The predicted molar refractivity (Wildman–Crippen MR) is 111 cm³/mol. The number of nitrogens with zero attached hydrogens (tertiary/aromatic N) is 2. The molecule has 0 aliphatic heterocycles. The van der Waals surface area contributed by atoms with E-state index < -0.39 is 10.0 Å². The van der Waals surface area contributed by atoms with E-state index in [1.54, 1.807) is 28.4 Å². The van der Waals surface area contributed by atoms with Gasteiger partial charge in [0.1, 0.15) is 5.82 Å². The molecule has 8 heteroatoms. The van der Waals surface area contributed by atoms with Gasteiger partial charge >= 0.3 is 0 Å². The maximum atomic E-state index is 13.2. The van der Waals surface area contributed by atoms with Crippen molar-refractivity contribution in [3.05, 3.63) is 57.5 Å². The highest BCUT2D eigenvalue weighted by atomic mass is 32.2. The van der Waals surface area contributed by atoms with E-state index in [2.05, 4.69) is 0 Å². The van der Waals surface area contributed by atoms with Gasteiger partial charge in [-0.1, -0.05) is 26.0 Å². The van der Waals surface area contributed by atoms with Gasteiger partial charge in [0.15, 0.2) is 0 Å². The number of benzene rings is 1. The first-order chi connectivity index (χ1) is 13.1. The Labute approximate surface area is 170 Å². The molecule has 0 saturated carbocycles.